The van der Waals surface area contributed by atoms with E-state index in [1.807, 2.05) is 18.2 Å². The van der Waals surface area contributed by atoms with Crippen molar-refractivity contribution >= 4 is 22.4 Å². The molecule has 0 amide bonds. The summed E-state index contributed by atoms with van der Waals surface area (Å²) in [6.45, 7) is 8.31. The van der Waals surface area contributed by atoms with Gasteiger partial charge >= 0.3 is 0 Å². The molecular weight excluding hydrogens is 422 g/mol. The lowest BCUT2D eigenvalue weighted by Gasteiger charge is -2.41. The monoisotopic (exact) mass is 453 g/mol. The number of rotatable bonds is 5. The molecule has 6 nitrogen and oxygen atoms in total. The number of benzene rings is 2. The largest absolute Gasteiger partial charge is 0.386 e. The van der Waals surface area contributed by atoms with Crippen LogP contribution < -0.4 is 9.80 Å². The van der Waals surface area contributed by atoms with E-state index in [1.54, 1.807) is 20.0 Å². The third kappa shape index (κ3) is 4.46. The molecule has 0 radical (unpaired) electrons. The minimum Gasteiger partial charge on any atom is -0.386 e. The number of fused-ring (bicyclic) bond motifs is 1. The van der Waals surface area contributed by atoms with E-state index in [-0.39, 0.29) is 6.04 Å². The van der Waals surface area contributed by atoms with E-state index in [4.69, 9.17) is 5.10 Å². The molecule has 6 heteroatoms. The molecular formula is C28H31N5O. The minimum absolute atomic E-state index is 0.263. The standard InChI is InChI=1S/C28H31N5O/c1-20-19-32(15-16-33(20)26-14-13-22(18-29-26)28(2,3)34)27-24-12-8-7-11-23(24)25(30-31-27)17-21-9-5-4-6-10-21/h4-14,18,20,34H,15-17,19H2,1-3H3/t20-/m1/s1. The molecule has 2 aromatic carbocycles. The van der Waals surface area contributed by atoms with Gasteiger partial charge in [0.25, 0.3) is 0 Å². The van der Waals surface area contributed by atoms with Gasteiger partial charge < -0.3 is 14.9 Å². The van der Waals surface area contributed by atoms with Crippen LogP contribution in [0.1, 0.15) is 37.6 Å². The highest BCUT2D eigenvalue weighted by Gasteiger charge is 2.27. The van der Waals surface area contributed by atoms with Crippen LogP contribution in [-0.2, 0) is 12.0 Å². The Morgan fingerprint density at radius 3 is 2.32 bits per heavy atom. The lowest BCUT2D eigenvalue weighted by atomic mass is 10.0. The Morgan fingerprint density at radius 1 is 0.912 bits per heavy atom. The molecule has 2 aromatic heterocycles. The van der Waals surface area contributed by atoms with Crippen LogP contribution in [0.15, 0.2) is 72.9 Å². The number of piperazine rings is 1. The fourth-order valence-electron chi connectivity index (χ4n) is 4.71. The van der Waals surface area contributed by atoms with E-state index in [0.29, 0.717) is 0 Å². The zero-order valence-corrected chi connectivity index (χ0v) is 20.0. The third-order valence-corrected chi connectivity index (χ3v) is 6.63. The van der Waals surface area contributed by atoms with Crippen LogP contribution in [0.25, 0.3) is 10.8 Å². The first-order chi connectivity index (χ1) is 16.4. The van der Waals surface area contributed by atoms with Crippen LogP contribution >= 0.6 is 0 Å². The van der Waals surface area contributed by atoms with Crippen LogP contribution in [0.2, 0.25) is 0 Å². The zero-order valence-electron chi connectivity index (χ0n) is 20.0. The summed E-state index contributed by atoms with van der Waals surface area (Å²) in [6.07, 6.45) is 2.55. The summed E-state index contributed by atoms with van der Waals surface area (Å²) in [4.78, 5) is 9.30. The third-order valence-electron chi connectivity index (χ3n) is 6.63. The fraction of sp³-hybridized carbons (Fsp3) is 0.321. The highest BCUT2D eigenvalue weighted by atomic mass is 16.3. The predicted molar refractivity (Wildman–Crippen MR) is 137 cm³/mol. The van der Waals surface area contributed by atoms with Gasteiger partial charge in [0.05, 0.1) is 11.3 Å². The molecule has 1 N–H and O–H groups in total. The molecule has 174 valence electrons. The Balaban J connectivity index is 1.38. The lowest BCUT2D eigenvalue weighted by molar-refractivity contribution is 0.0782. The van der Waals surface area contributed by atoms with E-state index < -0.39 is 5.60 Å². The number of aromatic nitrogens is 3. The number of pyridine rings is 1. The summed E-state index contributed by atoms with van der Waals surface area (Å²) < 4.78 is 0. The highest BCUT2D eigenvalue weighted by Crippen LogP contribution is 2.30. The molecule has 4 aromatic rings. The van der Waals surface area contributed by atoms with Gasteiger partial charge in [-0.15, -0.1) is 5.10 Å². The van der Waals surface area contributed by atoms with Crippen molar-refractivity contribution in [2.24, 2.45) is 0 Å². The normalized spacial score (nSPS) is 16.8. The molecule has 1 aliphatic heterocycles. The summed E-state index contributed by atoms with van der Waals surface area (Å²) >= 11 is 0. The van der Waals surface area contributed by atoms with Gasteiger partial charge in [0.1, 0.15) is 5.82 Å². The molecule has 34 heavy (non-hydrogen) atoms. The SMILES string of the molecule is C[C@@H]1CN(c2nnc(Cc3ccccc3)c3ccccc23)CCN1c1ccc(C(C)(C)O)cn1. The van der Waals surface area contributed by atoms with Crippen LogP contribution in [0.5, 0.6) is 0 Å². The first-order valence-electron chi connectivity index (χ1n) is 11.9. The van der Waals surface area contributed by atoms with E-state index in [2.05, 4.69) is 75.3 Å². The van der Waals surface area contributed by atoms with Crippen LogP contribution in [0.4, 0.5) is 11.6 Å². The van der Waals surface area contributed by atoms with E-state index >= 15 is 0 Å². The molecule has 3 heterocycles. The van der Waals surface area contributed by atoms with Crippen molar-refractivity contribution < 1.29 is 5.11 Å². The summed E-state index contributed by atoms with van der Waals surface area (Å²) in [5, 5.41) is 21.9. The summed E-state index contributed by atoms with van der Waals surface area (Å²) in [5.74, 6) is 1.89. The van der Waals surface area contributed by atoms with Crippen LogP contribution in [0, 0.1) is 0 Å². The lowest BCUT2D eigenvalue weighted by Crippen LogP contribution is -2.52. The van der Waals surface area contributed by atoms with Gasteiger partial charge in [-0.2, -0.15) is 5.10 Å². The van der Waals surface area contributed by atoms with Crippen LogP contribution in [-0.4, -0.2) is 46.0 Å². The molecule has 0 bridgehead atoms. The van der Waals surface area contributed by atoms with Gasteiger partial charge in [-0.05, 0) is 32.4 Å². The molecule has 1 saturated heterocycles. The molecule has 0 spiro atoms. The second-order valence-electron chi connectivity index (χ2n) is 9.63. The Hall–Kier alpha value is -3.51. The number of hydrogen-bond donors (Lipinski definition) is 1. The fourth-order valence-corrected chi connectivity index (χ4v) is 4.71. The molecule has 0 aliphatic carbocycles. The maximum Gasteiger partial charge on any atom is 0.159 e. The molecule has 1 atom stereocenters. The first kappa shape index (κ1) is 22.3. The second kappa shape index (κ2) is 9.03. The van der Waals surface area contributed by atoms with Crippen molar-refractivity contribution in [1.29, 1.82) is 0 Å². The smallest absolute Gasteiger partial charge is 0.159 e. The van der Waals surface area contributed by atoms with E-state index in [1.165, 1.54) is 5.56 Å². The Bertz CT molecular complexity index is 1270. The predicted octanol–water partition coefficient (Wildman–Crippen LogP) is 4.56. The highest BCUT2D eigenvalue weighted by molar-refractivity contribution is 5.93. The molecule has 0 saturated carbocycles. The van der Waals surface area contributed by atoms with Gasteiger partial charge in [-0.3, -0.25) is 0 Å². The molecule has 0 unspecified atom stereocenters. The minimum atomic E-state index is -0.887. The van der Waals surface area contributed by atoms with Gasteiger partial charge in [0, 0.05) is 54.6 Å². The van der Waals surface area contributed by atoms with Crippen molar-refractivity contribution in [3.05, 3.63) is 89.7 Å². The van der Waals surface area contributed by atoms with Crippen molar-refractivity contribution in [3.63, 3.8) is 0 Å². The summed E-state index contributed by atoms with van der Waals surface area (Å²) in [6, 6.07) is 23.1. The van der Waals surface area contributed by atoms with Gasteiger partial charge in [0.2, 0.25) is 0 Å². The van der Waals surface area contributed by atoms with E-state index in [0.717, 1.165) is 59.7 Å². The van der Waals surface area contributed by atoms with Crippen molar-refractivity contribution in [2.45, 2.75) is 38.8 Å². The quantitative estimate of drug-likeness (QED) is 0.478. The number of aliphatic hydroxyl groups is 1. The average Bonchev–Trinajstić information content (AvgIpc) is 2.84. The van der Waals surface area contributed by atoms with Crippen LogP contribution in [0.3, 0.4) is 0 Å². The molecule has 5 rings (SSSR count). The topological polar surface area (TPSA) is 65.4 Å². The van der Waals surface area contributed by atoms with Crippen molar-refractivity contribution in [2.75, 3.05) is 29.4 Å². The van der Waals surface area contributed by atoms with Gasteiger partial charge in [-0.25, -0.2) is 4.98 Å². The average molecular weight is 454 g/mol. The van der Waals surface area contributed by atoms with Crippen molar-refractivity contribution in [1.82, 2.24) is 15.2 Å². The zero-order chi connectivity index (χ0) is 23.7. The maximum absolute atomic E-state index is 10.2. The number of nitrogens with zero attached hydrogens (tertiary/aromatic N) is 5. The number of hydrogen-bond acceptors (Lipinski definition) is 6. The molecule has 1 aliphatic rings. The molecule has 1 fully saturated rings. The van der Waals surface area contributed by atoms with Crippen molar-refractivity contribution in [3.8, 4) is 0 Å². The Morgan fingerprint density at radius 2 is 1.65 bits per heavy atom. The van der Waals surface area contributed by atoms with Gasteiger partial charge in [-0.1, -0.05) is 60.7 Å². The summed E-state index contributed by atoms with van der Waals surface area (Å²) in [7, 11) is 0. The first-order valence-corrected chi connectivity index (χ1v) is 11.9. The maximum atomic E-state index is 10.2. The van der Waals surface area contributed by atoms with E-state index in [9.17, 15) is 5.11 Å². The second-order valence-corrected chi connectivity index (χ2v) is 9.63. The Labute approximate surface area is 200 Å². The summed E-state index contributed by atoms with van der Waals surface area (Å²) in [5.41, 5.74) is 2.18. The van der Waals surface area contributed by atoms with Gasteiger partial charge in [0.15, 0.2) is 5.82 Å². The number of anilines is 2. The Kier molecular flexibility index (Phi) is 5.92.